The molecule has 1 aliphatic heterocycles. The van der Waals surface area contributed by atoms with Gasteiger partial charge in [0.2, 0.25) is 0 Å². The van der Waals surface area contributed by atoms with Crippen LogP contribution in [-0.2, 0) is 24.4 Å². The van der Waals surface area contributed by atoms with E-state index in [1.165, 1.54) is 11.1 Å². The van der Waals surface area contributed by atoms with Crippen LogP contribution in [-0.4, -0.2) is 30.0 Å². The summed E-state index contributed by atoms with van der Waals surface area (Å²) in [6.07, 6.45) is 1.98. The zero-order valence-electron chi connectivity index (χ0n) is 11.6. The lowest BCUT2D eigenvalue weighted by atomic mass is 10.1. The number of rotatable bonds is 4. The molecule has 106 valence electrons. The number of hydrogen-bond donors (Lipinski definition) is 1. The van der Waals surface area contributed by atoms with Gasteiger partial charge in [0.25, 0.3) is 0 Å². The standard InChI is InChI=1S/C15H19N3O2/c1-19-11-14-4-6-18(17-14)10-12-2-3-15-13(8-12)9-16-5-7-20-15/h2-4,6,8,16H,5,7,9-11H2,1H3. The van der Waals surface area contributed by atoms with Crippen LogP contribution in [0.5, 0.6) is 5.75 Å². The maximum Gasteiger partial charge on any atom is 0.123 e. The van der Waals surface area contributed by atoms with Gasteiger partial charge in [0.15, 0.2) is 0 Å². The SMILES string of the molecule is COCc1ccn(Cc2ccc3c(c2)CNCCO3)n1. The van der Waals surface area contributed by atoms with Gasteiger partial charge in [-0.25, -0.2) is 0 Å². The van der Waals surface area contributed by atoms with Gasteiger partial charge in [0, 0.05) is 32.0 Å². The smallest absolute Gasteiger partial charge is 0.123 e. The molecule has 1 aromatic heterocycles. The second kappa shape index (κ2) is 6.07. The zero-order chi connectivity index (χ0) is 13.8. The second-order valence-electron chi connectivity index (χ2n) is 4.90. The summed E-state index contributed by atoms with van der Waals surface area (Å²) in [6, 6.07) is 8.32. The summed E-state index contributed by atoms with van der Waals surface area (Å²) in [5.41, 5.74) is 3.39. The molecule has 0 bridgehead atoms. The highest BCUT2D eigenvalue weighted by molar-refractivity contribution is 5.37. The molecule has 5 nitrogen and oxygen atoms in total. The third kappa shape index (κ3) is 3.00. The Balaban J connectivity index is 1.75. The summed E-state index contributed by atoms with van der Waals surface area (Å²) in [7, 11) is 1.68. The van der Waals surface area contributed by atoms with Crippen LogP contribution in [0.15, 0.2) is 30.5 Å². The first-order valence-corrected chi connectivity index (χ1v) is 6.82. The molecular formula is C15H19N3O2. The minimum Gasteiger partial charge on any atom is -0.492 e. The van der Waals surface area contributed by atoms with Crippen molar-refractivity contribution in [3.8, 4) is 5.75 Å². The van der Waals surface area contributed by atoms with Crippen LogP contribution < -0.4 is 10.1 Å². The number of hydrogen-bond acceptors (Lipinski definition) is 4. The first kappa shape index (κ1) is 13.1. The van der Waals surface area contributed by atoms with E-state index in [9.17, 15) is 0 Å². The van der Waals surface area contributed by atoms with Crippen LogP contribution in [0.2, 0.25) is 0 Å². The highest BCUT2D eigenvalue weighted by Gasteiger charge is 2.09. The van der Waals surface area contributed by atoms with Crippen molar-refractivity contribution >= 4 is 0 Å². The third-order valence-corrected chi connectivity index (χ3v) is 3.31. The molecule has 5 heteroatoms. The van der Waals surface area contributed by atoms with Crippen LogP contribution in [0.4, 0.5) is 0 Å². The van der Waals surface area contributed by atoms with Crippen molar-refractivity contribution in [3.63, 3.8) is 0 Å². The average Bonchev–Trinajstić information content (AvgIpc) is 2.75. The average molecular weight is 273 g/mol. The molecule has 2 heterocycles. The number of aromatic nitrogens is 2. The van der Waals surface area contributed by atoms with Crippen molar-refractivity contribution in [1.82, 2.24) is 15.1 Å². The van der Waals surface area contributed by atoms with Gasteiger partial charge >= 0.3 is 0 Å². The van der Waals surface area contributed by atoms with E-state index < -0.39 is 0 Å². The van der Waals surface area contributed by atoms with Gasteiger partial charge in [0.1, 0.15) is 12.4 Å². The Morgan fingerprint density at radius 1 is 1.40 bits per heavy atom. The van der Waals surface area contributed by atoms with Crippen LogP contribution in [0, 0.1) is 0 Å². The summed E-state index contributed by atoms with van der Waals surface area (Å²) < 4.78 is 12.7. The third-order valence-electron chi connectivity index (χ3n) is 3.31. The molecule has 1 N–H and O–H groups in total. The van der Waals surface area contributed by atoms with Crippen molar-refractivity contribution in [2.24, 2.45) is 0 Å². The fraction of sp³-hybridized carbons (Fsp3) is 0.400. The molecule has 0 amide bonds. The molecule has 2 aromatic rings. The Kier molecular flexibility index (Phi) is 3.99. The molecule has 20 heavy (non-hydrogen) atoms. The maximum atomic E-state index is 5.69. The lowest BCUT2D eigenvalue weighted by Gasteiger charge is -2.09. The predicted molar refractivity (Wildman–Crippen MR) is 75.7 cm³/mol. The van der Waals surface area contributed by atoms with Crippen molar-refractivity contribution in [2.75, 3.05) is 20.3 Å². The number of nitrogens with zero attached hydrogens (tertiary/aromatic N) is 2. The quantitative estimate of drug-likeness (QED) is 0.918. The van der Waals surface area contributed by atoms with E-state index in [2.05, 4.69) is 28.6 Å². The largest absolute Gasteiger partial charge is 0.492 e. The Hall–Kier alpha value is -1.85. The molecule has 1 aromatic carbocycles. The number of nitrogens with one attached hydrogen (secondary N) is 1. The molecule has 0 atom stereocenters. The van der Waals surface area contributed by atoms with E-state index >= 15 is 0 Å². The van der Waals surface area contributed by atoms with Gasteiger partial charge in [-0.1, -0.05) is 6.07 Å². The van der Waals surface area contributed by atoms with Gasteiger partial charge in [-0.05, 0) is 23.8 Å². The Bertz CT molecular complexity index is 580. The van der Waals surface area contributed by atoms with Gasteiger partial charge in [-0.3, -0.25) is 4.68 Å². The molecule has 0 unspecified atom stereocenters. The summed E-state index contributed by atoms with van der Waals surface area (Å²) in [6.45, 7) is 3.79. The van der Waals surface area contributed by atoms with Gasteiger partial charge < -0.3 is 14.8 Å². The Labute approximate surface area is 118 Å². The maximum absolute atomic E-state index is 5.69. The fourth-order valence-corrected chi connectivity index (χ4v) is 2.37. The zero-order valence-corrected chi connectivity index (χ0v) is 11.6. The minimum atomic E-state index is 0.551. The van der Waals surface area contributed by atoms with Crippen LogP contribution in [0.3, 0.4) is 0 Å². The fourth-order valence-electron chi connectivity index (χ4n) is 2.37. The number of methoxy groups -OCH3 is 1. The van der Waals surface area contributed by atoms with Gasteiger partial charge in [-0.15, -0.1) is 0 Å². The number of ether oxygens (including phenoxy) is 2. The minimum absolute atomic E-state index is 0.551. The van der Waals surface area contributed by atoms with Crippen molar-refractivity contribution < 1.29 is 9.47 Å². The molecule has 0 fully saturated rings. The van der Waals surface area contributed by atoms with Gasteiger partial charge in [-0.2, -0.15) is 5.10 Å². The van der Waals surface area contributed by atoms with Crippen LogP contribution >= 0.6 is 0 Å². The Morgan fingerprint density at radius 2 is 2.35 bits per heavy atom. The topological polar surface area (TPSA) is 48.3 Å². The van der Waals surface area contributed by atoms with E-state index in [1.807, 2.05) is 16.9 Å². The predicted octanol–water partition coefficient (Wildman–Crippen LogP) is 1.56. The molecule has 0 aliphatic carbocycles. The molecule has 1 aliphatic rings. The molecular weight excluding hydrogens is 254 g/mol. The lowest BCUT2D eigenvalue weighted by molar-refractivity contribution is 0.181. The highest BCUT2D eigenvalue weighted by Crippen LogP contribution is 2.22. The first-order valence-electron chi connectivity index (χ1n) is 6.82. The summed E-state index contributed by atoms with van der Waals surface area (Å²) >= 11 is 0. The molecule has 0 saturated heterocycles. The van der Waals surface area contributed by atoms with Gasteiger partial charge in [0.05, 0.1) is 18.8 Å². The van der Waals surface area contributed by atoms with Crippen molar-refractivity contribution in [3.05, 3.63) is 47.3 Å². The van der Waals surface area contributed by atoms with Crippen molar-refractivity contribution in [2.45, 2.75) is 19.7 Å². The first-order chi connectivity index (χ1) is 9.85. The Morgan fingerprint density at radius 3 is 3.25 bits per heavy atom. The molecule has 3 rings (SSSR count). The normalized spacial score (nSPS) is 14.4. The monoisotopic (exact) mass is 273 g/mol. The second-order valence-corrected chi connectivity index (χ2v) is 4.90. The number of fused-ring (bicyclic) bond motifs is 1. The van der Waals surface area contributed by atoms with E-state index in [1.54, 1.807) is 7.11 Å². The van der Waals surface area contributed by atoms with E-state index in [4.69, 9.17) is 9.47 Å². The van der Waals surface area contributed by atoms with E-state index in [-0.39, 0.29) is 0 Å². The van der Waals surface area contributed by atoms with E-state index in [0.29, 0.717) is 6.61 Å². The molecule has 0 saturated carbocycles. The molecule has 0 radical (unpaired) electrons. The summed E-state index contributed by atoms with van der Waals surface area (Å²) in [5, 5.41) is 7.82. The van der Waals surface area contributed by atoms with Crippen LogP contribution in [0.1, 0.15) is 16.8 Å². The summed E-state index contributed by atoms with van der Waals surface area (Å²) in [5.74, 6) is 0.985. The molecule has 0 spiro atoms. The van der Waals surface area contributed by atoms with E-state index in [0.717, 1.165) is 37.7 Å². The highest BCUT2D eigenvalue weighted by atomic mass is 16.5. The summed E-state index contributed by atoms with van der Waals surface area (Å²) in [4.78, 5) is 0. The van der Waals surface area contributed by atoms with Crippen LogP contribution in [0.25, 0.3) is 0 Å². The number of benzene rings is 1. The lowest BCUT2D eigenvalue weighted by Crippen LogP contribution is -2.16. The van der Waals surface area contributed by atoms with Crippen molar-refractivity contribution in [1.29, 1.82) is 0 Å².